The lowest BCUT2D eigenvalue weighted by molar-refractivity contribution is -0.436. The second kappa shape index (κ2) is 7.74. The molecule has 0 heterocycles. The van der Waals surface area contributed by atoms with E-state index >= 15 is 0 Å². The fourth-order valence-corrected chi connectivity index (χ4v) is 1.71. The summed E-state index contributed by atoms with van der Waals surface area (Å²) in [5.74, 6) is -42.6. The molecule has 0 atom stereocenters. The number of hydrazone groups is 1. The molecule has 1 aromatic carbocycles. The Kier molecular flexibility index (Phi) is 6.56. The fourth-order valence-electron chi connectivity index (χ4n) is 1.71. The van der Waals surface area contributed by atoms with Crippen LogP contribution in [0.15, 0.2) is 29.4 Å². The average Bonchev–Trinajstić information content (AvgIpc) is 2.61. The van der Waals surface area contributed by atoms with Crippen LogP contribution < -0.4 is 5.43 Å². The van der Waals surface area contributed by atoms with Gasteiger partial charge in [-0.1, -0.05) is 0 Å². The monoisotopic (exact) mass is 482 g/mol. The molecule has 0 saturated heterocycles. The SMILES string of the molecule is O=C(N/N=C\c1ccc(O)cc1)C(F)(F)C(F)(F)C(F)(F)C(F)(F)C(F)(F)C(F)(F)F. The Labute approximate surface area is 162 Å². The predicted octanol–water partition coefficient (Wildman–Crippen LogP) is 4.58. The molecule has 1 aromatic rings. The van der Waals surface area contributed by atoms with Gasteiger partial charge in [-0.15, -0.1) is 0 Å². The number of rotatable bonds is 7. The molecule has 1 rings (SSSR count). The molecule has 0 radical (unpaired) electrons. The van der Waals surface area contributed by atoms with Gasteiger partial charge in [0.05, 0.1) is 6.21 Å². The van der Waals surface area contributed by atoms with Crippen LogP contribution in [0.3, 0.4) is 0 Å². The summed E-state index contributed by atoms with van der Waals surface area (Å²) < 4.78 is 168. The van der Waals surface area contributed by atoms with Gasteiger partial charge in [0.25, 0.3) is 0 Å². The minimum atomic E-state index is -8.10. The molecular formula is C14H7F13N2O2. The maximum atomic E-state index is 13.5. The molecule has 0 aliphatic carbocycles. The Morgan fingerprint density at radius 2 is 1.16 bits per heavy atom. The quantitative estimate of drug-likeness (QED) is 0.340. The number of alkyl halides is 13. The Bertz CT molecular complexity index is 832. The predicted molar refractivity (Wildman–Crippen MR) is 74.6 cm³/mol. The third-order valence-electron chi connectivity index (χ3n) is 3.49. The summed E-state index contributed by atoms with van der Waals surface area (Å²) in [4.78, 5) is 11.1. The molecule has 4 nitrogen and oxygen atoms in total. The molecule has 1 amide bonds. The highest BCUT2D eigenvalue weighted by molar-refractivity contribution is 5.87. The summed E-state index contributed by atoms with van der Waals surface area (Å²) in [6, 6.07) is 3.97. The first-order chi connectivity index (χ1) is 13.6. The van der Waals surface area contributed by atoms with Crippen molar-refractivity contribution in [2.45, 2.75) is 35.8 Å². The first kappa shape index (κ1) is 26.3. The van der Waals surface area contributed by atoms with Gasteiger partial charge < -0.3 is 5.11 Å². The molecule has 31 heavy (non-hydrogen) atoms. The number of hydrogen-bond donors (Lipinski definition) is 2. The van der Waals surface area contributed by atoms with Crippen molar-refractivity contribution in [2.24, 2.45) is 5.10 Å². The number of benzene rings is 1. The highest BCUT2D eigenvalue weighted by atomic mass is 19.4. The maximum absolute atomic E-state index is 13.5. The molecule has 0 spiro atoms. The minimum absolute atomic E-state index is 0.116. The van der Waals surface area contributed by atoms with E-state index in [1.54, 1.807) is 0 Å². The molecule has 2 N–H and O–H groups in total. The van der Waals surface area contributed by atoms with Crippen LogP contribution in [0.1, 0.15) is 5.56 Å². The Hall–Kier alpha value is -2.75. The summed E-state index contributed by atoms with van der Waals surface area (Å²) in [7, 11) is 0. The van der Waals surface area contributed by atoms with Crippen LogP contribution in [0.5, 0.6) is 5.75 Å². The summed E-state index contributed by atoms with van der Waals surface area (Å²) in [5.41, 5.74) is 0.419. The van der Waals surface area contributed by atoms with Crippen molar-refractivity contribution < 1.29 is 67.0 Å². The van der Waals surface area contributed by atoms with E-state index < -0.39 is 41.7 Å². The molecule has 0 fully saturated rings. The number of amides is 1. The van der Waals surface area contributed by atoms with Crippen molar-refractivity contribution in [3.63, 3.8) is 0 Å². The largest absolute Gasteiger partial charge is 0.508 e. The van der Waals surface area contributed by atoms with Crippen LogP contribution >= 0.6 is 0 Å². The van der Waals surface area contributed by atoms with Gasteiger partial charge in [0.2, 0.25) is 0 Å². The number of carbonyl (C=O) groups excluding carboxylic acids is 1. The molecule has 0 unspecified atom stereocenters. The Morgan fingerprint density at radius 3 is 1.58 bits per heavy atom. The topological polar surface area (TPSA) is 61.7 Å². The zero-order valence-electron chi connectivity index (χ0n) is 14.1. The van der Waals surface area contributed by atoms with Gasteiger partial charge in [-0.25, -0.2) is 5.43 Å². The van der Waals surface area contributed by atoms with Crippen LogP contribution in [0.4, 0.5) is 57.1 Å². The van der Waals surface area contributed by atoms with Crippen LogP contribution in [-0.4, -0.2) is 53.0 Å². The van der Waals surface area contributed by atoms with Gasteiger partial charge in [0, 0.05) is 0 Å². The van der Waals surface area contributed by atoms with Gasteiger partial charge in [-0.2, -0.15) is 62.2 Å². The molecule has 0 bridgehead atoms. The van der Waals surface area contributed by atoms with Crippen molar-refractivity contribution in [1.82, 2.24) is 5.43 Å². The van der Waals surface area contributed by atoms with Crippen LogP contribution in [0.2, 0.25) is 0 Å². The number of hydrogen-bond acceptors (Lipinski definition) is 3. The molecular weight excluding hydrogens is 475 g/mol. The number of halogens is 13. The van der Waals surface area contributed by atoms with Gasteiger partial charge in [-0.3, -0.25) is 4.79 Å². The first-order valence-corrected chi connectivity index (χ1v) is 7.23. The van der Waals surface area contributed by atoms with E-state index in [-0.39, 0.29) is 11.3 Å². The highest BCUT2D eigenvalue weighted by Crippen LogP contribution is 2.60. The summed E-state index contributed by atoms with van der Waals surface area (Å²) >= 11 is 0. The number of carbonyl (C=O) groups is 1. The Balaban J connectivity index is 3.23. The van der Waals surface area contributed by atoms with Gasteiger partial charge in [0.15, 0.2) is 0 Å². The lowest BCUT2D eigenvalue weighted by Gasteiger charge is -2.38. The normalized spacial score (nSPS) is 14.7. The van der Waals surface area contributed by atoms with Crippen molar-refractivity contribution in [1.29, 1.82) is 0 Å². The van der Waals surface area contributed by atoms with E-state index in [0.29, 0.717) is 11.6 Å². The zero-order valence-corrected chi connectivity index (χ0v) is 14.1. The number of aromatic hydroxyl groups is 1. The first-order valence-electron chi connectivity index (χ1n) is 7.23. The lowest BCUT2D eigenvalue weighted by atomic mass is 9.93. The molecule has 17 heteroatoms. The number of nitrogens with zero attached hydrogens (tertiary/aromatic N) is 1. The lowest BCUT2D eigenvalue weighted by Crippen LogP contribution is -2.71. The number of nitrogens with one attached hydrogen (secondary N) is 1. The van der Waals surface area contributed by atoms with E-state index in [2.05, 4.69) is 5.10 Å². The van der Waals surface area contributed by atoms with E-state index in [1.807, 2.05) is 0 Å². The molecule has 176 valence electrons. The highest BCUT2D eigenvalue weighted by Gasteiger charge is 2.91. The Morgan fingerprint density at radius 1 is 0.742 bits per heavy atom. The van der Waals surface area contributed by atoms with E-state index in [4.69, 9.17) is 5.11 Å². The van der Waals surface area contributed by atoms with E-state index in [9.17, 15) is 61.9 Å². The summed E-state index contributed by atoms with van der Waals surface area (Å²) in [6.07, 6.45) is -7.13. The van der Waals surface area contributed by atoms with Crippen molar-refractivity contribution in [2.75, 3.05) is 0 Å². The zero-order chi connectivity index (χ0) is 24.7. The molecule has 0 aliphatic rings. The number of phenolic OH excluding ortho intramolecular Hbond substituents is 1. The van der Waals surface area contributed by atoms with Gasteiger partial charge in [0.1, 0.15) is 5.75 Å². The van der Waals surface area contributed by atoms with Gasteiger partial charge >= 0.3 is 41.7 Å². The maximum Gasteiger partial charge on any atom is 0.460 e. The van der Waals surface area contributed by atoms with E-state index in [0.717, 1.165) is 24.3 Å². The third-order valence-corrected chi connectivity index (χ3v) is 3.49. The van der Waals surface area contributed by atoms with Crippen LogP contribution in [-0.2, 0) is 4.79 Å². The average molecular weight is 482 g/mol. The molecule has 0 aromatic heterocycles. The summed E-state index contributed by atoms with van der Waals surface area (Å²) in [5, 5.41) is 11.6. The number of phenols is 1. The second-order valence-corrected chi connectivity index (χ2v) is 5.66. The standard InChI is InChI=1S/C14H7F13N2O2/c15-9(16,8(31)29-28-5-6-1-3-7(30)4-2-6)10(17,18)11(19,20)12(21,22)13(23,24)14(25,26)27/h1-5,30H,(H,29,31)/b28-5-. The van der Waals surface area contributed by atoms with Crippen molar-refractivity contribution in [3.05, 3.63) is 29.8 Å². The molecule has 0 saturated carbocycles. The molecule has 0 aliphatic heterocycles. The van der Waals surface area contributed by atoms with Crippen LogP contribution in [0.25, 0.3) is 0 Å². The van der Waals surface area contributed by atoms with Crippen molar-refractivity contribution >= 4 is 12.1 Å². The minimum Gasteiger partial charge on any atom is -0.508 e. The van der Waals surface area contributed by atoms with Crippen LogP contribution in [0, 0.1) is 0 Å². The summed E-state index contributed by atoms with van der Waals surface area (Å²) in [6.45, 7) is 0. The smallest absolute Gasteiger partial charge is 0.460 e. The third kappa shape index (κ3) is 4.21. The fraction of sp³-hybridized carbons (Fsp3) is 0.429. The van der Waals surface area contributed by atoms with E-state index in [1.165, 1.54) is 0 Å². The van der Waals surface area contributed by atoms with Crippen molar-refractivity contribution in [3.8, 4) is 5.75 Å². The second-order valence-electron chi connectivity index (χ2n) is 5.66. The van der Waals surface area contributed by atoms with Gasteiger partial charge in [-0.05, 0) is 29.8 Å².